The molecule has 160 valence electrons. The summed E-state index contributed by atoms with van der Waals surface area (Å²) in [5, 5.41) is 19.2. The molecule has 2 N–H and O–H groups in total. The molecule has 0 saturated carbocycles. The highest BCUT2D eigenvalue weighted by Crippen LogP contribution is 2.30. The van der Waals surface area contributed by atoms with Crippen molar-refractivity contribution in [2.75, 3.05) is 13.1 Å². The summed E-state index contributed by atoms with van der Waals surface area (Å²) < 4.78 is 3.26. The predicted molar refractivity (Wildman–Crippen MR) is 110 cm³/mol. The zero-order valence-corrected chi connectivity index (χ0v) is 17.3. The number of carbonyl (C=O) groups excluding carboxylic acids is 1. The van der Waals surface area contributed by atoms with E-state index in [1.54, 1.807) is 22.6 Å². The second-order valence-corrected chi connectivity index (χ2v) is 7.98. The Morgan fingerprint density at radius 2 is 2.03 bits per heavy atom. The molecule has 0 aliphatic carbocycles. The van der Waals surface area contributed by atoms with E-state index in [0.29, 0.717) is 49.2 Å². The molecule has 1 atom stereocenters. The van der Waals surface area contributed by atoms with E-state index in [0.717, 1.165) is 18.4 Å². The highest BCUT2D eigenvalue weighted by molar-refractivity contribution is 5.76. The molecule has 3 aromatic rings. The van der Waals surface area contributed by atoms with Gasteiger partial charge in [0.1, 0.15) is 11.2 Å². The van der Waals surface area contributed by atoms with E-state index in [2.05, 4.69) is 20.2 Å². The molecule has 4 rings (SSSR count). The summed E-state index contributed by atoms with van der Waals surface area (Å²) in [7, 11) is 3.58. The van der Waals surface area contributed by atoms with Crippen LogP contribution < -0.4 is 5.56 Å². The summed E-state index contributed by atoms with van der Waals surface area (Å²) in [6.45, 7) is 1.30. The first-order chi connectivity index (χ1) is 14.4. The van der Waals surface area contributed by atoms with E-state index in [4.69, 9.17) is 0 Å². The Hall–Kier alpha value is -3.01. The van der Waals surface area contributed by atoms with Gasteiger partial charge in [0.25, 0.3) is 5.56 Å². The number of aryl methyl sites for hydroxylation is 3. The SMILES string of the molecule is Cn1cc(C(O)C2CCN(C(=O)CCCc3nc4c(cnn4C)c(=O)[nH]3)CC2)cn1. The van der Waals surface area contributed by atoms with Gasteiger partial charge in [-0.15, -0.1) is 0 Å². The van der Waals surface area contributed by atoms with Crippen molar-refractivity contribution in [2.24, 2.45) is 20.0 Å². The molecule has 30 heavy (non-hydrogen) atoms. The van der Waals surface area contributed by atoms with Crippen LogP contribution in [-0.4, -0.2) is 58.5 Å². The number of hydrogen-bond acceptors (Lipinski definition) is 6. The van der Waals surface area contributed by atoms with Gasteiger partial charge in [0.2, 0.25) is 5.91 Å². The largest absolute Gasteiger partial charge is 0.388 e. The average Bonchev–Trinajstić information content (AvgIpc) is 3.34. The molecule has 0 aromatic carbocycles. The molecule has 0 spiro atoms. The first-order valence-corrected chi connectivity index (χ1v) is 10.3. The molecule has 10 heteroatoms. The van der Waals surface area contributed by atoms with Gasteiger partial charge in [0.05, 0.1) is 18.5 Å². The molecule has 1 aliphatic rings. The van der Waals surface area contributed by atoms with Crippen molar-refractivity contribution in [1.82, 2.24) is 34.4 Å². The third-order valence-electron chi connectivity index (χ3n) is 5.86. The van der Waals surface area contributed by atoms with Crippen LogP contribution in [0.5, 0.6) is 0 Å². The van der Waals surface area contributed by atoms with Crippen LogP contribution in [0.4, 0.5) is 0 Å². The zero-order valence-electron chi connectivity index (χ0n) is 17.3. The number of rotatable bonds is 6. The lowest BCUT2D eigenvalue weighted by molar-refractivity contribution is -0.133. The van der Waals surface area contributed by atoms with E-state index < -0.39 is 6.10 Å². The van der Waals surface area contributed by atoms with Crippen molar-refractivity contribution in [3.05, 3.63) is 40.3 Å². The predicted octanol–water partition coefficient (Wildman–Crippen LogP) is 0.685. The number of carbonyl (C=O) groups is 1. The van der Waals surface area contributed by atoms with Crippen molar-refractivity contribution < 1.29 is 9.90 Å². The number of likely N-dealkylation sites (tertiary alicyclic amines) is 1. The summed E-state index contributed by atoms with van der Waals surface area (Å²) in [4.78, 5) is 33.8. The Morgan fingerprint density at radius 1 is 1.27 bits per heavy atom. The molecule has 1 unspecified atom stereocenters. The number of fused-ring (bicyclic) bond motifs is 1. The number of hydrogen-bond donors (Lipinski definition) is 2. The van der Waals surface area contributed by atoms with Crippen LogP contribution >= 0.6 is 0 Å². The van der Waals surface area contributed by atoms with Gasteiger partial charge in [-0.05, 0) is 25.2 Å². The lowest BCUT2D eigenvalue weighted by Crippen LogP contribution is -2.39. The van der Waals surface area contributed by atoms with E-state index in [-0.39, 0.29) is 17.4 Å². The topological polar surface area (TPSA) is 122 Å². The van der Waals surface area contributed by atoms with Crippen LogP contribution in [0.25, 0.3) is 11.0 Å². The van der Waals surface area contributed by atoms with E-state index in [1.807, 2.05) is 18.1 Å². The fourth-order valence-electron chi connectivity index (χ4n) is 4.09. The number of H-pyrrole nitrogens is 1. The lowest BCUT2D eigenvalue weighted by Gasteiger charge is -2.34. The van der Waals surface area contributed by atoms with Crippen LogP contribution in [0.1, 0.15) is 43.2 Å². The zero-order chi connectivity index (χ0) is 21.3. The summed E-state index contributed by atoms with van der Waals surface area (Å²) in [6.07, 6.45) is 7.59. The maximum atomic E-state index is 12.6. The van der Waals surface area contributed by atoms with Crippen molar-refractivity contribution >= 4 is 16.9 Å². The second kappa shape index (κ2) is 8.39. The maximum absolute atomic E-state index is 12.6. The average molecular weight is 413 g/mol. The number of aromatic amines is 1. The molecular formula is C20H27N7O3. The summed E-state index contributed by atoms with van der Waals surface area (Å²) >= 11 is 0. The lowest BCUT2D eigenvalue weighted by atomic mass is 9.88. The van der Waals surface area contributed by atoms with Gasteiger partial charge in [0, 0.05) is 51.8 Å². The molecule has 0 bridgehead atoms. The van der Waals surface area contributed by atoms with Crippen LogP contribution in [0.15, 0.2) is 23.4 Å². The van der Waals surface area contributed by atoms with Crippen molar-refractivity contribution in [1.29, 1.82) is 0 Å². The minimum absolute atomic E-state index is 0.105. The fraction of sp³-hybridized carbons (Fsp3) is 0.550. The van der Waals surface area contributed by atoms with Gasteiger partial charge >= 0.3 is 0 Å². The van der Waals surface area contributed by atoms with Gasteiger partial charge in [-0.25, -0.2) is 4.98 Å². The number of piperidine rings is 1. The van der Waals surface area contributed by atoms with E-state index in [1.165, 1.54) is 6.20 Å². The van der Waals surface area contributed by atoms with Crippen LogP contribution in [0.3, 0.4) is 0 Å². The highest BCUT2D eigenvalue weighted by Gasteiger charge is 2.28. The van der Waals surface area contributed by atoms with Gasteiger partial charge in [0.15, 0.2) is 5.65 Å². The highest BCUT2D eigenvalue weighted by atomic mass is 16.3. The molecule has 1 aliphatic heterocycles. The molecule has 1 fully saturated rings. The quantitative estimate of drug-likeness (QED) is 0.613. The molecule has 3 aromatic heterocycles. The number of amides is 1. The molecule has 1 saturated heterocycles. The first kappa shape index (κ1) is 20.3. The third kappa shape index (κ3) is 4.13. The van der Waals surface area contributed by atoms with Gasteiger partial charge in [-0.1, -0.05) is 0 Å². The van der Waals surface area contributed by atoms with Gasteiger partial charge in [-0.3, -0.25) is 19.0 Å². The third-order valence-corrected chi connectivity index (χ3v) is 5.86. The van der Waals surface area contributed by atoms with Crippen LogP contribution in [-0.2, 0) is 25.3 Å². The summed E-state index contributed by atoms with van der Waals surface area (Å²) in [5.41, 5.74) is 1.17. The Kier molecular flexibility index (Phi) is 5.67. The minimum Gasteiger partial charge on any atom is -0.388 e. The fourth-order valence-corrected chi connectivity index (χ4v) is 4.09. The normalized spacial score (nSPS) is 16.3. The first-order valence-electron chi connectivity index (χ1n) is 10.3. The maximum Gasteiger partial charge on any atom is 0.262 e. The Labute approximate surface area is 173 Å². The summed E-state index contributed by atoms with van der Waals surface area (Å²) in [5.74, 6) is 0.814. The van der Waals surface area contributed by atoms with Crippen molar-refractivity contribution in [2.45, 2.75) is 38.2 Å². The van der Waals surface area contributed by atoms with Crippen molar-refractivity contribution in [3.8, 4) is 0 Å². The Bertz CT molecular complexity index is 1090. The summed E-state index contributed by atoms with van der Waals surface area (Å²) in [6, 6.07) is 0. The number of nitrogens with zero attached hydrogens (tertiary/aromatic N) is 6. The monoisotopic (exact) mass is 413 g/mol. The number of aliphatic hydroxyl groups is 1. The Balaban J connectivity index is 1.26. The molecule has 0 radical (unpaired) electrons. The van der Waals surface area contributed by atoms with Crippen LogP contribution in [0.2, 0.25) is 0 Å². The Morgan fingerprint density at radius 3 is 2.73 bits per heavy atom. The smallest absolute Gasteiger partial charge is 0.262 e. The molecular weight excluding hydrogens is 386 g/mol. The van der Waals surface area contributed by atoms with E-state index in [9.17, 15) is 14.7 Å². The second-order valence-electron chi connectivity index (χ2n) is 7.98. The number of nitrogens with one attached hydrogen (secondary N) is 1. The van der Waals surface area contributed by atoms with Crippen molar-refractivity contribution in [3.63, 3.8) is 0 Å². The van der Waals surface area contributed by atoms with Crippen LogP contribution in [0, 0.1) is 5.92 Å². The van der Waals surface area contributed by atoms with Gasteiger partial charge in [-0.2, -0.15) is 10.2 Å². The molecule has 1 amide bonds. The van der Waals surface area contributed by atoms with Gasteiger partial charge < -0.3 is 15.0 Å². The minimum atomic E-state index is -0.541. The number of aromatic nitrogens is 6. The molecule has 4 heterocycles. The standard InChI is InChI=1S/C20H27N7O3/c1-25-12-14(10-21-25)18(29)13-6-8-27(9-7-13)17(28)5-3-4-16-23-19-15(20(30)24-16)11-22-26(19)2/h10-13,18,29H,3-9H2,1-2H3,(H,23,24,30). The number of aliphatic hydroxyl groups excluding tert-OH is 1. The van der Waals surface area contributed by atoms with E-state index >= 15 is 0 Å². The molecule has 10 nitrogen and oxygen atoms in total.